The molecule has 0 aliphatic heterocycles. The van der Waals surface area contributed by atoms with E-state index >= 15 is 0 Å². The van der Waals surface area contributed by atoms with Gasteiger partial charge in [-0.3, -0.25) is 4.98 Å². The number of halogens is 1. The van der Waals surface area contributed by atoms with Crippen LogP contribution in [0.25, 0.3) is 28.2 Å². The predicted octanol–water partition coefficient (Wildman–Crippen LogP) is 3.85. The van der Waals surface area contributed by atoms with E-state index in [4.69, 9.17) is 15.8 Å². The third kappa shape index (κ3) is 5.57. The second-order valence-corrected chi connectivity index (χ2v) is 10.5. The van der Waals surface area contributed by atoms with Gasteiger partial charge in [-0.15, -0.1) is 17.5 Å². The second kappa shape index (κ2) is 11.5. The van der Waals surface area contributed by atoms with Crippen LogP contribution in [0.3, 0.4) is 0 Å². The number of nitrogens with two attached hydrogens (primary N) is 1. The molecule has 2 saturated carbocycles. The quantitative estimate of drug-likeness (QED) is 0.261. The van der Waals surface area contributed by atoms with Crippen molar-refractivity contribution in [2.24, 2.45) is 11.7 Å². The Kier molecular flexibility index (Phi) is 7.86. The minimum absolute atomic E-state index is 0. The molecule has 0 unspecified atom stereocenters. The minimum Gasteiger partial charge on any atom is -0.465 e. The Hall–Kier alpha value is -4.21. The highest BCUT2D eigenvalue weighted by Crippen LogP contribution is 2.36. The summed E-state index contributed by atoms with van der Waals surface area (Å²) in [6.45, 7) is 0.452. The molecule has 2 aliphatic carbocycles. The number of carboxylic acid groups (broad SMARTS) is 1. The summed E-state index contributed by atoms with van der Waals surface area (Å²) in [6.07, 6.45) is 10.0. The Morgan fingerprint density at radius 2 is 1.95 bits per heavy atom. The summed E-state index contributed by atoms with van der Waals surface area (Å²) in [6, 6.07) is 10.5. The van der Waals surface area contributed by atoms with Crippen molar-refractivity contribution in [1.82, 2.24) is 34.9 Å². The molecule has 2 aliphatic rings. The number of fused-ring (bicyclic) bond motifs is 1. The van der Waals surface area contributed by atoms with Gasteiger partial charge in [-0.2, -0.15) is 10.4 Å². The zero-order chi connectivity index (χ0) is 26.9. The van der Waals surface area contributed by atoms with E-state index < -0.39 is 6.09 Å². The van der Waals surface area contributed by atoms with Crippen molar-refractivity contribution >= 4 is 29.7 Å². The normalized spacial score (nSPS) is 22.1. The number of carbonyl (C=O) groups is 1. The number of aromatic nitrogens is 6. The summed E-state index contributed by atoms with van der Waals surface area (Å²) in [5.74, 6) is 0.301. The molecule has 4 heterocycles. The first-order valence-corrected chi connectivity index (χ1v) is 13.3. The predicted molar refractivity (Wildman–Crippen MR) is 151 cm³/mol. The molecule has 13 heteroatoms. The Labute approximate surface area is 237 Å². The van der Waals surface area contributed by atoms with E-state index in [1.54, 1.807) is 16.8 Å². The van der Waals surface area contributed by atoms with E-state index in [0.29, 0.717) is 24.1 Å². The first-order chi connectivity index (χ1) is 19.0. The lowest BCUT2D eigenvalue weighted by atomic mass is 9.80. The van der Waals surface area contributed by atoms with Crippen molar-refractivity contribution < 1.29 is 9.90 Å². The third-order valence-corrected chi connectivity index (χ3v) is 7.83. The van der Waals surface area contributed by atoms with Gasteiger partial charge in [0.2, 0.25) is 0 Å². The van der Waals surface area contributed by atoms with E-state index in [2.05, 4.69) is 32.1 Å². The van der Waals surface area contributed by atoms with Crippen molar-refractivity contribution in [2.45, 2.75) is 56.7 Å². The van der Waals surface area contributed by atoms with Gasteiger partial charge in [-0.1, -0.05) is 5.21 Å². The van der Waals surface area contributed by atoms with Crippen LogP contribution in [0, 0.1) is 17.2 Å². The molecule has 0 bridgehead atoms. The van der Waals surface area contributed by atoms with Crippen LogP contribution < -0.4 is 16.4 Å². The van der Waals surface area contributed by atoms with Crippen molar-refractivity contribution in [3.05, 3.63) is 48.4 Å². The highest BCUT2D eigenvalue weighted by Gasteiger charge is 2.30. The van der Waals surface area contributed by atoms with Crippen LogP contribution in [0.2, 0.25) is 0 Å². The molecule has 0 aromatic carbocycles. The molecule has 12 nitrogen and oxygen atoms in total. The Morgan fingerprint density at radius 3 is 2.70 bits per heavy atom. The van der Waals surface area contributed by atoms with E-state index in [1.807, 2.05) is 35.3 Å². The SMILES string of the molecule is Cl.N#Cc1cnn2c(-c3cc(NC4CC(CNC(=O)O)C4)c(-c4cn(C5CCC(N)CC5)nn4)cn3)ccc2c1. The number of rotatable bonds is 7. The van der Waals surface area contributed by atoms with Crippen molar-refractivity contribution in [3.63, 3.8) is 0 Å². The molecule has 0 atom stereocenters. The van der Waals surface area contributed by atoms with Gasteiger partial charge in [0, 0.05) is 36.1 Å². The molecular formula is C27H31ClN10O2. The largest absolute Gasteiger partial charge is 0.465 e. The molecule has 6 rings (SSSR count). The van der Waals surface area contributed by atoms with Crippen LogP contribution in [-0.4, -0.2) is 59.4 Å². The van der Waals surface area contributed by atoms with Crippen molar-refractivity contribution in [2.75, 3.05) is 11.9 Å². The molecule has 2 fully saturated rings. The molecule has 1 amide bonds. The van der Waals surface area contributed by atoms with E-state index in [9.17, 15) is 10.1 Å². The lowest BCUT2D eigenvalue weighted by Gasteiger charge is -2.36. The lowest BCUT2D eigenvalue weighted by molar-refractivity contribution is 0.186. The molecule has 5 N–H and O–H groups in total. The number of anilines is 1. The molecule has 4 aromatic rings. The van der Waals surface area contributed by atoms with Crippen LogP contribution in [0.4, 0.5) is 10.5 Å². The Bertz CT molecular complexity index is 1550. The lowest BCUT2D eigenvalue weighted by Crippen LogP contribution is -2.41. The van der Waals surface area contributed by atoms with Crippen LogP contribution in [0.1, 0.15) is 50.1 Å². The average Bonchev–Trinajstić information content (AvgIpc) is 3.57. The molecular weight excluding hydrogens is 532 g/mol. The first kappa shape index (κ1) is 27.4. The molecule has 208 valence electrons. The van der Waals surface area contributed by atoms with E-state index in [1.165, 1.54) is 0 Å². The molecule has 4 aromatic heterocycles. The monoisotopic (exact) mass is 562 g/mol. The number of amides is 1. The minimum atomic E-state index is -0.995. The molecule has 0 spiro atoms. The number of nitrogens with one attached hydrogen (secondary N) is 2. The van der Waals surface area contributed by atoms with Gasteiger partial charge in [0.05, 0.1) is 40.9 Å². The van der Waals surface area contributed by atoms with E-state index in [0.717, 1.165) is 72.4 Å². The maximum atomic E-state index is 10.9. The first-order valence-electron chi connectivity index (χ1n) is 13.3. The van der Waals surface area contributed by atoms with Crippen LogP contribution in [0.15, 0.2) is 42.9 Å². The summed E-state index contributed by atoms with van der Waals surface area (Å²) >= 11 is 0. The van der Waals surface area contributed by atoms with Gasteiger partial charge < -0.3 is 21.5 Å². The summed E-state index contributed by atoms with van der Waals surface area (Å²) in [4.78, 5) is 15.6. The Balaban J connectivity index is 0.00000323. The zero-order valence-corrected chi connectivity index (χ0v) is 22.6. The fourth-order valence-corrected chi connectivity index (χ4v) is 5.59. The number of nitrogens with zero attached hydrogens (tertiary/aromatic N) is 7. The average molecular weight is 563 g/mol. The fourth-order valence-electron chi connectivity index (χ4n) is 5.59. The maximum Gasteiger partial charge on any atom is 0.404 e. The number of hydrogen-bond donors (Lipinski definition) is 4. The van der Waals surface area contributed by atoms with Crippen LogP contribution >= 0.6 is 12.4 Å². The smallest absolute Gasteiger partial charge is 0.404 e. The number of nitriles is 1. The highest BCUT2D eigenvalue weighted by molar-refractivity contribution is 5.85. The standard InChI is InChI=1S/C27H30N10O2.ClH/c28-11-17-9-21-5-6-26(37(21)32-13-17)24-10-23(33-19-7-16(8-19)12-31-27(38)39)22(14-30-24)25-15-36(35-34-25)20-3-1-18(29)2-4-20;/h5-6,9-10,13-16,18-20,31H,1-4,7-8,12,29H2,(H,30,33)(H,38,39);1H. The van der Waals surface area contributed by atoms with E-state index in [-0.39, 0.29) is 24.5 Å². The van der Waals surface area contributed by atoms with Gasteiger partial charge >= 0.3 is 6.09 Å². The molecule has 0 radical (unpaired) electrons. The summed E-state index contributed by atoms with van der Waals surface area (Å²) in [5, 5.41) is 37.6. The van der Waals surface area contributed by atoms with Gasteiger partial charge in [-0.05, 0) is 68.7 Å². The number of pyridine rings is 1. The van der Waals surface area contributed by atoms with Gasteiger partial charge in [-0.25, -0.2) is 14.0 Å². The fraction of sp³-hybridized carbons (Fsp3) is 0.407. The second-order valence-electron chi connectivity index (χ2n) is 10.5. The van der Waals surface area contributed by atoms with Crippen molar-refractivity contribution in [1.29, 1.82) is 5.26 Å². The third-order valence-electron chi connectivity index (χ3n) is 7.83. The number of hydrogen-bond acceptors (Lipinski definition) is 8. The van der Waals surface area contributed by atoms with Crippen LogP contribution in [-0.2, 0) is 0 Å². The van der Waals surface area contributed by atoms with Gasteiger partial charge in [0.15, 0.2) is 0 Å². The highest BCUT2D eigenvalue weighted by atomic mass is 35.5. The molecule has 0 saturated heterocycles. The Morgan fingerprint density at radius 1 is 1.15 bits per heavy atom. The summed E-state index contributed by atoms with van der Waals surface area (Å²) in [5.41, 5.74) is 11.4. The summed E-state index contributed by atoms with van der Waals surface area (Å²) in [7, 11) is 0. The van der Waals surface area contributed by atoms with Crippen LogP contribution in [0.5, 0.6) is 0 Å². The zero-order valence-electron chi connectivity index (χ0n) is 21.8. The maximum absolute atomic E-state index is 10.9. The van der Waals surface area contributed by atoms with Gasteiger partial charge in [0.25, 0.3) is 0 Å². The van der Waals surface area contributed by atoms with Crippen molar-refractivity contribution in [3.8, 4) is 28.7 Å². The topological polar surface area (TPSA) is 172 Å². The van der Waals surface area contributed by atoms with Gasteiger partial charge in [0.1, 0.15) is 11.8 Å². The molecule has 40 heavy (non-hydrogen) atoms. The summed E-state index contributed by atoms with van der Waals surface area (Å²) < 4.78 is 3.72.